The molecular weight excluding hydrogens is 407 g/mol. The van der Waals surface area contributed by atoms with Crippen molar-refractivity contribution < 1.29 is 13.2 Å². The number of amides is 1. The van der Waals surface area contributed by atoms with Crippen LogP contribution >= 0.6 is 23.2 Å². The van der Waals surface area contributed by atoms with E-state index in [1.54, 1.807) is 18.2 Å². The normalized spacial score (nSPS) is 22.1. The van der Waals surface area contributed by atoms with Gasteiger partial charge in [-0.2, -0.15) is 0 Å². The summed E-state index contributed by atoms with van der Waals surface area (Å²) < 4.78 is 27.3. The van der Waals surface area contributed by atoms with Crippen LogP contribution in [0.1, 0.15) is 44.1 Å². The molecule has 1 aliphatic heterocycles. The number of piperidine rings is 1. The maximum absolute atomic E-state index is 12.9. The summed E-state index contributed by atoms with van der Waals surface area (Å²) in [7, 11) is -1.74. The van der Waals surface area contributed by atoms with Gasteiger partial charge in [-0.25, -0.2) is 12.7 Å². The molecule has 1 aromatic carbocycles. The number of halogens is 2. The Balaban J connectivity index is 1.70. The Hall–Kier alpha value is -0.820. The molecule has 1 saturated heterocycles. The Morgan fingerprint density at radius 1 is 1.15 bits per heavy atom. The fourth-order valence-electron chi connectivity index (χ4n) is 4.10. The maximum Gasteiger partial charge on any atom is 0.227 e. The average Bonchev–Trinajstić information content (AvgIpc) is 3.18. The van der Waals surface area contributed by atoms with Crippen LogP contribution in [0, 0.1) is 5.92 Å². The van der Waals surface area contributed by atoms with Crippen molar-refractivity contribution in [3.8, 4) is 0 Å². The highest BCUT2D eigenvalue weighted by molar-refractivity contribution is 7.88. The number of benzene rings is 1. The van der Waals surface area contributed by atoms with Gasteiger partial charge in [0.1, 0.15) is 0 Å². The van der Waals surface area contributed by atoms with Crippen molar-refractivity contribution >= 4 is 39.1 Å². The first kappa shape index (κ1) is 20.9. The lowest BCUT2D eigenvalue weighted by molar-refractivity contribution is -0.137. The third kappa shape index (κ3) is 4.78. The van der Waals surface area contributed by atoms with Crippen LogP contribution in [0.15, 0.2) is 18.2 Å². The molecule has 1 heterocycles. The highest BCUT2D eigenvalue weighted by atomic mass is 35.5. The van der Waals surface area contributed by atoms with Gasteiger partial charge in [0, 0.05) is 41.8 Å². The maximum atomic E-state index is 12.9. The Bertz CT molecular complexity index is 774. The number of carbonyl (C=O) groups excluding carboxylic acids is 1. The van der Waals surface area contributed by atoms with E-state index in [2.05, 4.69) is 0 Å². The van der Waals surface area contributed by atoms with Crippen LogP contribution in [0.25, 0.3) is 0 Å². The Morgan fingerprint density at radius 2 is 1.78 bits per heavy atom. The van der Waals surface area contributed by atoms with Gasteiger partial charge in [0.2, 0.25) is 15.9 Å². The van der Waals surface area contributed by atoms with Gasteiger partial charge >= 0.3 is 0 Å². The first-order valence-corrected chi connectivity index (χ1v) is 11.8. The predicted molar refractivity (Wildman–Crippen MR) is 108 cm³/mol. The second-order valence-corrected chi connectivity index (χ2v) is 10.3. The summed E-state index contributed by atoms with van der Waals surface area (Å²) in [5.41, 5.74) is 0.414. The number of nitrogens with zero attached hydrogens (tertiary/aromatic N) is 2. The zero-order valence-electron chi connectivity index (χ0n) is 15.5. The minimum absolute atomic E-state index is 0.0672. The van der Waals surface area contributed by atoms with Crippen molar-refractivity contribution in [1.82, 2.24) is 9.21 Å². The molecule has 150 valence electrons. The fraction of sp³-hybridized carbons (Fsp3) is 0.632. The molecule has 1 saturated carbocycles. The van der Waals surface area contributed by atoms with E-state index in [9.17, 15) is 13.2 Å². The van der Waals surface area contributed by atoms with Crippen molar-refractivity contribution in [1.29, 1.82) is 0 Å². The molecule has 1 amide bonds. The predicted octanol–water partition coefficient (Wildman–Crippen LogP) is 3.94. The largest absolute Gasteiger partial charge is 0.342 e. The molecule has 0 radical (unpaired) electrons. The lowest BCUT2D eigenvalue weighted by atomic mass is 9.97. The molecule has 2 fully saturated rings. The third-order valence-electron chi connectivity index (χ3n) is 5.74. The monoisotopic (exact) mass is 432 g/mol. The minimum Gasteiger partial charge on any atom is -0.342 e. The van der Waals surface area contributed by atoms with Crippen LogP contribution in [-0.2, 0) is 20.6 Å². The number of hydrogen-bond donors (Lipinski definition) is 0. The highest BCUT2D eigenvalue weighted by Crippen LogP contribution is 2.30. The quantitative estimate of drug-likeness (QED) is 0.707. The van der Waals surface area contributed by atoms with Gasteiger partial charge in [-0.05, 0) is 37.8 Å². The van der Waals surface area contributed by atoms with Gasteiger partial charge in [-0.15, -0.1) is 0 Å². The van der Waals surface area contributed by atoms with Crippen molar-refractivity contribution in [2.45, 2.75) is 50.3 Å². The van der Waals surface area contributed by atoms with Crippen LogP contribution in [0.2, 0.25) is 10.0 Å². The van der Waals surface area contributed by atoms with Gasteiger partial charge in [0.05, 0.1) is 11.7 Å². The zero-order chi connectivity index (χ0) is 19.6. The number of rotatable bonds is 5. The lowest BCUT2D eigenvalue weighted by Crippen LogP contribution is -2.48. The summed E-state index contributed by atoms with van der Waals surface area (Å²) in [5, 5.41) is 0.688. The average molecular weight is 433 g/mol. The van der Waals surface area contributed by atoms with Crippen molar-refractivity contribution in [3.63, 3.8) is 0 Å². The Labute approximate surface area is 171 Å². The highest BCUT2D eigenvalue weighted by Gasteiger charge is 2.36. The van der Waals surface area contributed by atoms with Crippen molar-refractivity contribution in [2.24, 2.45) is 5.92 Å². The standard InChI is InChI=1S/C19H26Cl2N2O3S/c1-22(15-7-2-3-8-15)19(24)14-6-5-11-23(12-14)27(25,26)13-16-17(20)9-4-10-18(16)21/h4,9-10,14-15H,2-3,5-8,11-13H2,1H3/t14-/m0/s1. The molecule has 2 aliphatic rings. The van der Waals surface area contributed by atoms with Gasteiger partial charge in [0.25, 0.3) is 0 Å². The first-order chi connectivity index (χ1) is 12.8. The van der Waals surface area contributed by atoms with Crippen molar-refractivity contribution in [3.05, 3.63) is 33.8 Å². The van der Waals surface area contributed by atoms with Gasteiger partial charge in [-0.1, -0.05) is 42.1 Å². The third-order valence-corrected chi connectivity index (χ3v) is 8.22. The van der Waals surface area contributed by atoms with Crippen LogP contribution < -0.4 is 0 Å². The number of sulfonamides is 1. The van der Waals surface area contributed by atoms with E-state index in [0.717, 1.165) is 32.1 Å². The van der Waals surface area contributed by atoms with Gasteiger partial charge < -0.3 is 4.90 Å². The topological polar surface area (TPSA) is 57.7 Å². The van der Waals surface area contributed by atoms with E-state index in [-0.39, 0.29) is 24.1 Å². The van der Waals surface area contributed by atoms with Crippen LogP contribution in [0.4, 0.5) is 0 Å². The van der Waals surface area contributed by atoms with Crippen molar-refractivity contribution in [2.75, 3.05) is 20.1 Å². The Kier molecular flexibility index (Phi) is 6.72. The molecule has 0 N–H and O–H groups in total. The smallest absolute Gasteiger partial charge is 0.227 e. The molecule has 1 aliphatic carbocycles. The summed E-state index contributed by atoms with van der Waals surface area (Å²) in [4.78, 5) is 14.7. The number of hydrogen-bond acceptors (Lipinski definition) is 3. The lowest BCUT2D eigenvalue weighted by Gasteiger charge is -2.35. The molecule has 0 bridgehead atoms. The molecule has 0 unspecified atom stereocenters. The van der Waals surface area contributed by atoms with E-state index in [1.807, 2.05) is 11.9 Å². The Morgan fingerprint density at radius 3 is 2.41 bits per heavy atom. The van der Waals surface area contributed by atoms with Gasteiger partial charge in [-0.3, -0.25) is 4.79 Å². The second-order valence-electron chi connectivity index (χ2n) is 7.54. The first-order valence-electron chi connectivity index (χ1n) is 9.47. The molecule has 3 rings (SSSR count). The molecule has 8 heteroatoms. The minimum atomic E-state index is -3.60. The van der Waals surface area contributed by atoms with E-state index in [1.165, 1.54) is 4.31 Å². The molecule has 27 heavy (non-hydrogen) atoms. The SMILES string of the molecule is CN(C(=O)[C@H]1CCCN(S(=O)(=O)Cc2c(Cl)cccc2Cl)C1)C1CCCC1. The van der Waals surface area contributed by atoms with Crippen LogP contribution in [0.5, 0.6) is 0 Å². The summed E-state index contributed by atoms with van der Waals surface area (Å²) >= 11 is 12.3. The van der Waals surface area contributed by atoms with Crippen LogP contribution in [-0.4, -0.2) is 49.7 Å². The molecule has 5 nitrogen and oxygen atoms in total. The summed E-state index contributed by atoms with van der Waals surface area (Å²) in [6, 6.07) is 5.26. The summed E-state index contributed by atoms with van der Waals surface area (Å²) in [5.74, 6) is -0.455. The summed E-state index contributed by atoms with van der Waals surface area (Å²) in [6.45, 7) is 0.668. The molecule has 0 spiro atoms. The van der Waals surface area contributed by atoms with E-state index < -0.39 is 10.0 Å². The zero-order valence-corrected chi connectivity index (χ0v) is 17.9. The van der Waals surface area contributed by atoms with Gasteiger partial charge in [0.15, 0.2) is 0 Å². The molecule has 0 aromatic heterocycles. The molecule has 1 aromatic rings. The molecule has 1 atom stereocenters. The molecular formula is C19H26Cl2N2O3S. The van der Waals surface area contributed by atoms with E-state index >= 15 is 0 Å². The van der Waals surface area contributed by atoms with E-state index in [4.69, 9.17) is 23.2 Å². The summed E-state index contributed by atoms with van der Waals surface area (Å²) in [6.07, 6.45) is 5.82. The number of carbonyl (C=O) groups is 1. The fourth-order valence-corrected chi connectivity index (χ4v) is 6.46. The van der Waals surface area contributed by atoms with E-state index in [0.29, 0.717) is 34.6 Å². The van der Waals surface area contributed by atoms with Crippen LogP contribution in [0.3, 0.4) is 0 Å². The second kappa shape index (κ2) is 8.68.